The molecule has 9 nitrogen and oxygen atoms in total. The molecule has 3 rings (SSSR count). The SMILES string of the molecule is O=C(Nc1ccncc1[N+](=O)[O-])c1cccc(S(=O)(=O)N2CCCCCC2)c1. The summed E-state index contributed by atoms with van der Waals surface area (Å²) in [6.07, 6.45) is 5.98. The number of carbonyl (C=O) groups is 1. The van der Waals surface area contributed by atoms with Crippen molar-refractivity contribution >= 4 is 27.3 Å². The molecule has 0 spiro atoms. The zero-order valence-electron chi connectivity index (χ0n) is 15.1. The molecular formula is C18H20N4O5S. The lowest BCUT2D eigenvalue weighted by Gasteiger charge is -2.20. The highest BCUT2D eigenvalue weighted by Gasteiger charge is 2.26. The van der Waals surface area contributed by atoms with E-state index in [0.29, 0.717) is 13.1 Å². The number of benzene rings is 1. The summed E-state index contributed by atoms with van der Waals surface area (Å²) in [6.45, 7) is 0.921. The van der Waals surface area contributed by atoms with Crippen LogP contribution in [-0.2, 0) is 10.0 Å². The van der Waals surface area contributed by atoms with E-state index in [4.69, 9.17) is 0 Å². The molecule has 0 unspecified atom stereocenters. The van der Waals surface area contributed by atoms with Crippen molar-refractivity contribution < 1.29 is 18.1 Å². The van der Waals surface area contributed by atoms with Crippen LogP contribution in [0.2, 0.25) is 0 Å². The second-order valence-corrected chi connectivity index (χ2v) is 8.39. The van der Waals surface area contributed by atoms with E-state index < -0.39 is 20.9 Å². The minimum Gasteiger partial charge on any atom is -0.316 e. The first-order valence-corrected chi connectivity index (χ1v) is 10.3. The van der Waals surface area contributed by atoms with Crippen molar-refractivity contribution in [1.82, 2.24) is 9.29 Å². The van der Waals surface area contributed by atoms with Crippen molar-refractivity contribution in [3.8, 4) is 0 Å². The van der Waals surface area contributed by atoms with Crippen LogP contribution in [0.4, 0.5) is 11.4 Å². The van der Waals surface area contributed by atoms with Crippen LogP contribution in [-0.4, -0.2) is 41.6 Å². The lowest BCUT2D eigenvalue weighted by molar-refractivity contribution is -0.384. The van der Waals surface area contributed by atoms with E-state index in [0.717, 1.165) is 31.9 Å². The first-order chi connectivity index (χ1) is 13.4. The number of aromatic nitrogens is 1. The summed E-state index contributed by atoms with van der Waals surface area (Å²) in [6, 6.07) is 7.01. The highest BCUT2D eigenvalue weighted by Crippen LogP contribution is 2.24. The zero-order chi connectivity index (χ0) is 20.1. The Bertz CT molecular complexity index is 985. The highest BCUT2D eigenvalue weighted by atomic mass is 32.2. The fraction of sp³-hybridized carbons (Fsp3) is 0.333. The van der Waals surface area contributed by atoms with E-state index in [9.17, 15) is 23.3 Å². The fourth-order valence-electron chi connectivity index (χ4n) is 3.06. The van der Waals surface area contributed by atoms with Gasteiger partial charge in [0.25, 0.3) is 5.91 Å². The van der Waals surface area contributed by atoms with Gasteiger partial charge in [-0.3, -0.25) is 19.9 Å². The van der Waals surface area contributed by atoms with Crippen LogP contribution in [0.1, 0.15) is 36.0 Å². The molecule has 1 saturated heterocycles. The monoisotopic (exact) mass is 404 g/mol. The second-order valence-electron chi connectivity index (χ2n) is 6.45. The first-order valence-electron chi connectivity index (χ1n) is 8.89. The number of anilines is 1. The summed E-state index contributed by atoms with van der Waals surface area (Å²) in [5.74, 6) is -0.637. The molecule has 28 heavy (non-hydrogen) atoms. The Morgan fingerprint density at radius 3 is 2.54 bits per heavy atom. The highest BCUT2D eigenvalue weighted by molar-refractivity contribution is 7.89. The normalized spacial score (nSPS) is 15.6. The number of nitrogens with zero attached hydrogens (tertiary/aromatic N) is 3. The lowest BCUT2D eigenvalue weighted by Crippen LogP contribution is -2.32. The van der Waals surface area contributed by atoms with Crippen LogP contribution in [0.5, 0.6) is 0 Å². The zero-order valence-corrected chi connectivity index (χ0v) is 15.9. The van der Waals surface area contributed by atoms with Gasteiger partial charge in [-0.1, -0.05) is 18.9 Å². The minimum absolute atomic E-state index is 0.00854. The molecule has 1 amide bonds. The molecule has 1 fully saturated rings. The van der Waals surface area contributed by atoms with Gasteiger partial charge in [0.2, 0.25) is 10.0 Å². The molecule has 0 saturated carbocycles. The van der Waals surface area contributed by atoms with E-state index >= 15 is 0 Å². The van der Waals surface area contributed by atoms with Crippen molar-refractivity contribution in [2.75, 3.05) is 18.4 Å². The number of hydrogen-bond donors (Lipinski definition) is 1. The number of nitrogens with one attached hydrogen (secondary N) is 1. The van der Waals surface area contributed by atoms with Gasteiger partial charge in [-0.05, 0) is 37.1 Å². The summed E-state index contributed by atoms with van der Waals surface area (Å²) in [5.41, 5.74) is -0.253. The van der Waals surface area contributed by atoms with Crippen LogP contribution in [0.25, 0.3) is 0 Å². The molecule has 2 aromatic rings. The Balaban J connectivity index is 1.85. The number of nitro groups is 1. The van der Waals surface area contributed by atoms with E-state index in [2.05, 4.69) is 10.3 Å². The molecule has 10 heteroatoms. The fourth-order valence-corrected chi connectivity index (χ4v) is 4.62. The Kier molecular flexibility index (Phi) is 6.00. The quantitative estimate of drug-likeness (QED) is 0.604. The maximum Gasteiger partial charge on any atom is 0.310 e. The van der Waals surface area contributed by atoms with Crippen LogP contribution < -0.4 is 5.32 Å². The Morgan fingerprint density at radius 1 is 1.14 bits per heavy atom. The van der Waals surface area contributed by atoms with Crippen molar-refractivity contribution in [2.45, 2.75) is 30.6 Å². The number of carbonyl (C=O) groups excluding carboxylic acids is 1. The van der Waals surface area contributed by atoms with Gasteiger partial charge < -0.3 is 5.32 Å². The van der Waals surface area contributed by atoms with E-state index in [1.807, 2.05) is 0 Å². The smallest absolute Gasteiger partial charge is 0.310 e. The van der Waals surface area contributed by atoms with Gasteiger partial charge in [-0.15, -0.1) is 0 Å². The van der Waals surface area contributed by atoms with Gasteiger partial charge in [0.05, 0.1) is 9.82 Å². The van der Waals surface area contributed by atoms with E-state index in [1.54, 1.807) is 0 Å². The molecule has 1 aromatic heterocycles. The van der Waals surface area contributed by atoms with E-state index in [1.165, 1.54) is 40.8 Å². The minimum atomic E-state index is -3.70. The maximum absolute atomic E-state index is 12.9. The van der Waals surface area contributed by atoms with Gasteiger partial charge in [0, 0.05) is 24.8 Å². The van der Waals surface area contributed by atoms with Gasteiger partial charge in [0.15, 0.2) is 0 Å². The molecule has 0 radical (unpaired) electrons. The van der Waals surface area contributed by atoms with Gasteiger partial charge >= 0.3 is 5.69 Å². The number of pyridine rings is 1. The van der Waals surface area contributed by atoms with Gasteiger partial charge in [-0.2, -0.15) is 4.31 Å². The van der Waals surface area contributed by atoms with Crippen molar-refractivity contribution in [2.24, 2.45) is 0 Å². The average Bonchev–Trinajstić information content (AvgIpc) is 2.98. The number of sulfonamides is 1. The lowest BCUT2D eigenvalue weighted by atomic mass is 10.2. The van der Waals surface area contributed by atoms with E-state index in [-0.39, 0.29) is 21.8 Å². The predicted molar refractivity (Wildman–Crippen MR) is 103 cm³/mol. The van der Waals surface area contributed by atoms with Crippen molar-refractivity contribution in [3.63, 3.8) is 0 Å². The molecule has 1 aliphatic heterocycles. The molecule has 0 aliphatic carbocycles. The number of rotatable bonds is 5. The first kappa shape index (κ1) is 19.9. The Morgan fingerprint density at radius 2 is 1.86 bits per heavy atom. The second kappa shape index (κ2) is 8.44. The van der Waals surface area contributed by atoms with Crippen molar-refractivity contribution in [3.05, 3.63) is 58.4 Å². The largest absolute Gasteiger partial charge is 0.316 e. The molecule has 1 N–H and O–H groups in total. The summed E-state index contributed by atoms with van der Waals surface area (Å²) < 4.78 is 27.3. The van der Waals surface area contributed by atoms with Crippen LogP contribution in [0, 0.1) is 10.1 Å². The van der Waals surface area contributed by atoms with Crippen LogP contribution in [0.15, 0.2) is 47.6 Å². The van der Waals surface area contributed by atoms with Gasteiger partial charge in [-0.25, -0.2) is 8.42 Å². The summed E-state index contributed by atoms with van der Waals surface area (Å²) >= 11 is 0. The van der Waals surface area contributed by atoms with Crippen LogP contribution >= 0.6 is 0 Å². The third-order valence-corrected chi connectivity index (χ3v) is 6.44. The maximum atomic E-state index is 12.9. The summed E-state index contributed by atoms with van der Waals surface area (Å²) in [4.78, 5) is 26.7. The molecule has 148 valence electrons. The predicted octanol–water partition coefficient (Wildman–Crippen LogP) is 2.81. The average molecular weight is 404 g/mol. The Labute approximate surface area is 162 Å². The summed E-state index contributed by atoms with van der Waals surface area (Å²) in [7, 11) is -3.70. The topological polar surface area (TPSA) is 123 Å². The standard InChI is InChI=1S/C18H20N4O5S/c23-18(20-16-8-9-19-13-17(16)22(24)25)14-6-5-7-15(12-14)28(26,27)21-10-3-1-2-4-11-21/h5-9,12-13H,1-4,10-11H2,(H,19,20,23). The van der Waals surface area contributed by atoms with Crippen LogP contribution in [0.3, 0.4) is 0 Å². The molecule has 1 aliphatic rings. The number of hydrogen-bond acceptors (Lipinski definition) is 6. The third kappa shape index (κ3) is 4.34. The number of amides is 1. The Hall–Kier alpha value is -2.85. The molecule has 2 heterocycles. The molecule has 0 atom stereocenters. The summed E-state index contributed by atoms with van der Waals surface area (Å²) in [5, 5.41) is 13.5. The molecular weight excluding hydrogens is 384 g/mol. The molecule has 1 aromatic carbocycles. The van der Waals surface area contributed by atoms with Crippen molar-refractivity contribution in [1.29, 1.82) is 0 Å². The van der Waals surface area contributed by atoms with Gasteiger partial charge in [0.1, 0.15) is 11.9 Å². The molecule has 0 bridgehead atoms. The third-order valence-electron chi connectivity index (χ3n) is 4.54.